The summed E-state index contributed by atoms with van der Waals surface area (Å²) in [6.45, 7) is 1.48. The lowest BCUT2D eigenvalue weighted by Crippen LogP contribution is -2.39. The molecule has 1 aliphatic rings. The summed E-state index contributed by atoms with van der Waals surface area (Å²) in [6, 6.07) is 15.9. The topological polar surface area (TPSA) is 96.8 Å². The van der Waals surface area contributed by atoms with Gasteiger partial charge in [-0.2, -0.15) is 0 Å². The number of aromatic amines is 1. The number of nitrogens with zero attached hydrogens (tertiary/aromatic N) is 5. The first-order valence-corrected chi connectivity index (χ1v) is 11.0. The highest BCUT2D eigenvalue weighted by Crippen LogP contribution is 2.26. The first kappa shape index (κ1) is 21.0. The van der Waals surface area contributed by atoms with Crippen LogP contribution in [0.3, 0.4) is 0 Å². The lowest BCUT2D eigenvalue weighted by atomic mass is 9.95. The minimum absolute atomic E-state index is 0.0281. The van der Waals surface area contributed by atoms with Crippen molar-refractivity contribution in [1.29, 1.82) is 0 Å². The molecule has 0 radical (unpaired) electrons. The lowest BCUT2D eigenvalue weighted by molar-refractivity contribution is -0.131. The smallest absolute Gasteiger partial charge is 0.281 e. The quantitative estimate of drug-likeness (QED) is 0.508. The van der Waals surface area contributed by atoms with Crippen molar-refractivity contribution in [2.75, 3.05) is 13.1 Å². The molecule has 0 aliphatic carbocycles. The first-order chi connectivity index (χ1) is 16.1. The zero-order chi connectivity index (χ0) is 22.8. The van der Waals surface area contributed by atoms with Gasteiger partial charge in [-0.1, -0.05) is 47.7 Å². The van der Waals surface area contributed by atoms with Gasteiger partial charge in [-0.3, -0.25) is 9.59 Å². The van der Waals surface area contributed by atoms with Crippen molar-refractivity contribution in [3.8, 4) is 0 Å². The molecule has 8 nitrogen and oxygen atoms in total. The van der Waals surface area contributed by atoms with Gasteiger partial charge in [0.15, 0.2) is 11.2 Å². The molecule has 0 unspecified atom stereocenters. The van der Waals surface area contributed by atoms with Crippen LogP contribution in [0.5, 0.6) is 0 Å². The van der Waals surface area contributed by atoms with Gasteiger partial charge in [-0.05, 0) is 36.1 Å². The second-order valence-electron chi connectivity index (χ2n) is 8.32. The third kappa shape index (κ3) is 4.52. The van der Waals surface area contributed by atoms with Crippen molar-refractivity contribution in [3.05, 3.63) is 87.7 Å². The number of nitrogens with one attached hydrogen (secondary N) is 1. The maximum atomic E-state index is 13.5. The Hall–Kier alpha value is -3.88. The maximum absolute atomic E-state index is 13.5. The lowest BCUT2D eigenvalue weighted by Gasteiger charge is -2.31. The number of carbonyl (C=O) groups excluding carboxylic acids is 1. The molecule has 2 aromatic carbocycles. The van der Waals surface area contributed by atoms with Gasteiger partial charge in [0.05, 0.1) is 13.0 Å². The van der Waals surface area contributed by atoms with Crippen LogP contribution in [0, 0.1) is 5.82 Å². The van der Waals surface area contributed by atoms with Crippen molar-refractivity contribution >= 4 is 17.1 Å². The number of carbonyl (C=O) groups is 1. The number of hydrogen-bond donors (Lipinski definition) is 1. The summed E-state index contributed by atoms with van der Waals surface area (Å²) < 4.78 is 15.1. The van der Waals surface area contributed by atoms with E-state index in [4.69, 9.17) is 0 Å². The van der Waals surface area contributed by atoms with Crippen molar-refractivity contribution in [3.63, 3.8) is 0 Å². The van der Waals surface area contributed by atoms with E-state index in [-0.39, 0.29) is 35.3 Å². The van der Waals surface area contributed by atoms with E-state index in [1.54, 1.807) is 12.1 Å². The SMILES string of the molecule is O=C(Cc1ccccc1)N1CCC(c2nc3c(nnn3Cc3cccc(F)c3)c(=O)[nH]2)CC1. The number of halogens is 1. The van der Waals surface area contributed by atoms with Crippen LogP contribution in [-0.2, 0) is 17.8 Å². The summed E-state index contributed by atoms with van der Waals surface area (Å²) in [5.74, 6) is 0.372. The van der Waals surface area contributed by atoms with Gasteiger partial charge in [0, 0.05) is 19.0 Å². The second kappa shape index (κ2) is 8.93. The predicted octanol–water partition coefficient (Wildman–Crippen LogP) is 2.65. The Morgan fingerprint density at radius 3 is 2.58 bits per heavy atom. The Morgan fingerprint density at radius 2 is 1.82 bits per heavy atom. The third-order valence-corrected chi connectivity index (χ3v) is 6.05. The first-order valence-electron chi connectivity index (χ1n) is 11.0. The molecule has 0 spiro atoms. The van der Waals surface area contributed by atoms with Crippen molar-refractivity contribution in [2.45, 2.75) is 31.7 Å². The number of H-pyrrole nitrogens is 1. The van der Waals surface area contributed by atoms with Crippen molar-refractivity contribution in [1.82, 2.24) is 29.9 Å². The Labute approximate surface area is 189 Å². The summed E-state index contributed by atoms with van der Waals surface area (Å²) >= 11 is 0. The molecule has 2 aromatic heterocycles. The number of aromatic nitrogens is 5. The number of rotatable bonds is 5. The number of hydrogen-bond acceptors (Lipinski definition) is 5. The van der Waals surface area contributed by atoms with Gasteiger partial charge >= 0.3 is 0 Å². The molecule has 168 valence electrons. The van der Waals surface area contributed by atoms with Crippen LogP contribution in [0.15, 0.2) is 59.4 Å². The van der Waals surface area contributed by atoms with E-state index in [2.05, 4.69) is 20.3 Å². The monoisotopic (exact) mass is 446 g/mol. The molecule has 0 saturated carbocycles. The number of likely N-dealkylation sites (tertiary alicyclic amines) is 1. The van der Waals surface area contributed by atoms with Gasteiger partial charge < -0.3 is 9.88 Å². The van der Waals surface area contributed by atoms with Gasteiger partial charge in [0.2, 0.25) is 5.91 Å². The fourth-order valence-electron chi connectivity index (χ4n) is 4.28. The maximum Gasteiger partial charge on any atom is 0.281 e. The van der Waals surface area contributed by atoms with E-state index in [0.717, 1.165) is 5.56 Å². The summed E-state index contributed by atoms with van der Waals surface area (Å²) in [5, 5.41) is 8.01. The summed E-state index contributed by atoms with van der Waals surface area (Å²) in [5.41, 5.74) is 1.89. The number of fused-ring (bicyclic) bond motifs is 1. The molecule has 1 amide bonds. The second-order valence-corrected chi connectivity index (χ2v) is 8.32. The van der Waals surface area contributed by atoms with Crippen LogP contribution in [0.2, 0.25) is 0 Å². The number of amides is 1. The normalized spacial score (nSPS) is 14.6. The molecule has 1 saturated heterocycles. The molecule has 3 heterocycles. The fourth-order valence-corrected chi connectivity index (χ4v) is 4.28. The van der Waals surface area contributed by atoms with Crippen LogP contribution >= 0.6 is 0 Å². The van der Waals surface area contributed by atoms with Gasteiger partial charge in [0.1, 0.15) is 11.6 Å². The molecule has 1 fully saturated rings. The Morgan fingerprint density at radius 1 is 1.06 bits per heavy atom. The molecule has 9 heteroatoms. The van der Waals surface area contributed by atoms with E-state index in [1.165, 1.54) is 16.8 Å². The highest BCUT2D eigenvalue weighted by Gasteiger charge is 2.26. The highest BCUT2D eigenvalue weighted by atomic mass is 19.1. The zero-order valence-electron chi connectivity index (χ0n) is 17.9. The van der Waals surface area contributed by atoms with Crippen LogP contribution in [0.1, 0.15) is 35.7 Å². The molecule has 1 N–H and O–H groups in total. The molecule has 0 atom stereocenters. The van der Waals surface area contributed by atoms with E-state index in [9.17, 15) is 14.0 Å². The zero-order valence-corrected chi connectivity index (χ0v) is 17.9. The number of piperidine rings is 1. The molecule has 5 rings (SSSR count). The Balaban J connectivity index is 1.31. The Kier molecular flexibility index (Phi) is 5.68. The standard InChI is InChI=1S/C24H23FN6O2/c25-19-8-4-7-17(13-19)15-31-23-21(28-29-31)24(33)27-22(26-23)18-9-11-30(12-10-18)20(32)14-16-5-2-1-3-6-16/h1-8,13,18H,9-12,14-15H2,(H,26,27,33). The summed E-state index contributed by atoms with van der Waals surface area (Å²) in [4.78, 5) is 34.6. The van der Waals surface area contributed by atoms with Gasteiger partial charge in [-0.15, -0.1) is 5.10 Å². The molecule has 1 aliphatic heterocycles. The largest absolute Gasteiger partial charge is 0.342 e. The van der Waals surface area contributed by atoms with E-state index >= 15 is 0 Å². The van der Waals surface area contributed by atoms with Gasteiger partial charge in [0.25, 0.3) is 5.56 Å². The summed E-state index contributed by atoms with van der Waals surface area (Å²) in [7, 11) is 0. The molecule has 0 bridgehead atoms. The minimum Gasteiger partial charge on any atom is -0.342 e. The molecule has 33 heavy (non-hydrogen) atoms. The molecule has 4 aromatic rings. The van der Waals surface area contributed by atoms with Gasteiger partial charge in [-0.25, -0.2) is 14.1 Å². The number of benzene rings is 2. The average molecular weight is 446 g/mol. The molecular formula is C24H23FN6O2. The van der Waals surface area contributed by atoms with Crippen LogP contribution in [0.25, 0.3) is 11.2 Å². The van der Waals surface area contributed by atoms with Crippen LogP contribution < -0.4 is 5.56 Å². The molecular weight excluding hydrogens is 423 g/mol. The Bertz CT molecular complexity index is 1340. The van der Waals surface area contributed by atoms with Crippen molar-refractivity contribution in [2.24, 2.45) is 0 Å². The van der Waals surface area contributed by atoms with E-state index in [0.29, 0.717) is 49.4 Å². The summed E-state index contributed by atoms with van der Waals surface area (Å²) in [6.07, 6.45) is 1.80. The van der Waals surface area contributed by atoms with E-state index in [1.807, 2.05) is 35.2 Å². The third-order valence-electron chi connectivity index (χ3n) is 6.05. The van der Waals surface area contributed by atoms with Crippen LogP contribution in [0.4, 0.5) is 4.39 Å². The van der Waals surface area contributed by atoms with E-state index < -0.39 is 0 Å². The van der Waals surface area contributed by atoms with Crippen LogP contribution in [-0.4, -0.2) is 48.9 Å². The van der Waals surface area contributed by atoms with Crippen molar-refractivity contribution < 1.29 is 9.18 Å². The minimum atomic E-state index is -0.344. The fraction of sp³-hybridized carbons (Fsp3) is 0.292. The highest BCUT2D eigenvalue weighted by molar-refractivity contribution is 5.78. The predicted molar refractivity (Wildman–Crippen MR) is 120 cm³/mol. The average Bonchev–Trinajstić information content (AvgIpc) is 3.23.